The number of carbonyl (C=O) groups is 1. The van der Waals surface area contributed by atoms with E-state index in [-0.39, 0.29) is 18.0 Å². The van der Waals surface area contributed by atoms with Crippen LogP contribution in [0.3, 0.4) is 0 Å². The second-order valence-corrected chi connectivity index (χ2v) is 7.20. The van der Waals surface area contributed by atoms with E-state index in [0.29, 0.717) is 18.9 Å². The molecule has 0 radical (unpaired) electrons. The van der Waals surface area contributed by atoms with E-state index in [0.717, 1.165) is 11.9 Å². The molecular weight excluding hydrogens is 298 g/mol. The summed E-state index contributed by atoms with van der Waals surface area (Å²) in [5.41, 5.74) is 3.69. The molecule has 4 heteroatoms. The Bertz CT molecular complexity index is 746. The molecule has 24 heavy (non-hydrogen) atoms. The summed E-state index contributed by atoms with van der Waals surface area (Å²) in [6.45, 7) is 8.76. The van der Waals surface area contributed by atoms with Crippen LogP contribution in [0, 0.1) is 5.92 Å². The lowest BCUT2D eigenvalue weighted by Gasteiger charge is -2.27. The fraction of sp³-hybridized carbons (Fsp3) is 0.450. The number of carbonyl (C=O) groups excluding carboxylic acids is 1. The zero-order valence-electron chi connectivity index (χ0n) is 14.8. The molecule has 3 rings (SSSR count). The van der Waals surface area contributed by atoms with Crippen LogP contribution in [0.5, 0.6) is 0 Å². The lowest BCUT2D eigenvalue weighted by molar-refractivity contribution is -0.131. The lowest BCUT2D eigenvalue weighted by Crippen LogP contribution is -2.47. The number of rotatable bonds is 5. The number of nitrogens with zero attached hydrogens (tertiary/aromatic N) is 1. The minimum Gasteiger partial charge on any atom is -0.361 e. The van der Waals surface area contributed by atoms with Gasteiger partial charge in [-0.2, -0.15) is 0 Å². The van der Waals surface area contributed by atoms with Gasteiger partial charge in [0.1, 0.15) is 0 Å². The van der Waals surface area contributed by atoms with Gasteiger partial charge in [0.05, 0.1) is 6.04 Å². The Hall–Kier alpha value is -2.07. The van der Waals surface area contributed by atoms with Crippen LogP contribution in [0.25, 0.3) is 10.9 Å². The molecule has 0 saturated heterocycles. The number of aromatic nitrogens is 1. The van der Waals surface area contributed by atoms with Gasteiger partial charge >= 0.3 is 0 Å². The number of benzene rings is 1. The molecule has 0 bridgehead atoms. The number of H-pyrrole nitrogens is 1. The Morgan fingerprint density at radius 2 is 2.25 bits per heavy atom. The van der Waals surface area contributed by atoms with Crippen molar-refractivity contribution < 1.29 is 4.79 Å². The largest absolute Gasteiger partial charge is 0.361 e. The molecule has 1 aromatic carbocycles. The summed E-state index contributed by atoms with van der Waals surface area (Å²) in [7, 11) is 1.84. The van der Waals surface area contributed by atoms with E-state index in [9.17, 15) is 4.79 Å². The van der Waals surface area contributed by atoms with Crippen LogP contribution in [0.2, 0.25) is 0 Å². The molecule has 2 N–H and O–H groups in total. The summed E-state index contributed by atoms with van der Waals surface area (Å²) in [5.74, 6) is 0.686. The van der Waals surface area contributed by atoms with Crippen LogP contribution < -0.4 is 5.32 Å². The fourth-order valence-electron chi connectivity index (χ4n) is 3.72. The molecule has 1 aromatic heterocycles. The zero-order valence-corrected chi connectivity index (χ0v) is 14.8. The lowest BCUT2D eigenvalue weighted by atomic mass is 9.94. The summed E-state index contributed by atoms with van der Waals surface area (Å²) < 4.78 is 0. The van der Waals surface area contributed by atoms with Crippen molar-refractivity contribution >= 4 is 16.8 Å². The standard InChI is InChI=1S/C20H27N3O/c1-5-9-23(4)20(24)18-11-14-12-21-16-8-6-7-15(19(14)16)17(22-18)10-13(2)3/h5-8,12-13,17-18,21-22H,1,9-11H2,2-4H3. The van der Waals surface area contributed by atoms with Gasteiger partial charge in [0.2, 0.25) is 5.91 Å². The summed E-state index contributed by atoms with van der Waals surface area (Å²) in [6, 6.07) is 6.39. The van der Waals surface area contributed by atoms with Gasteiger partial charge in [-0.1, -0.05) is 32.1 Å². The van der Waals surface area contributed by atoms with E-state index in [1.807, 2.05) is 7.05 Å². The van der Waals surface area contributed by atoms with Gasteiger partial charge in [-0.15, -0.1) is 6.58 Å². The van der Waals surface area contributed by atoms with Crippen LogP contribution in [-0.2, 0) is 11.2 Å². The molecule has 0 saturated carbocycles. The third-order valence-corrected chi connectivity index (χ3v) is 4.81. The maximum atomic E-state index is 12.9. The summed E-state index contributed by atoms with van der Waals surface area (Å²) in [5, 5.41) is 4.93. The van der Waals surface area contributed by atoms with Crippen molar-refractivity contribution in [2.24, 2.45) is 5.92 Å². The first-order valence-electron chi connectivity index (χ1n) is 8.72. The third kappa shape index (κ3) is 3.11. The molecule has 1 aliphatic heterocycles. The molecule has 2 heterocycles. The average Bonchev–Trinajstić information content (AvgIpc) is 2.88. The molecule has 0 aliphatic carbocycles. The monoisotopic (exact) mass is 325 g/mol. The average molecular weight is 325 g/mol. The normalized spacial score (nSPS) is 20.2. The quantitative estimate of drug-likeness (QED) is 0.828. The SMILES string of the molecule is C=CCN(C)C(=O)C1Cc2c[nH]c3cccc(c23)C(CC(C)C)N1. The Balaban J connectivity index is 2.00. The second kappa shape index (κ2) is 6.81. The van der Waals surface area contributed by atoms with E-state index in [1.165, 1.54) is 16.5 Å². The van der Waals surface area contributed by atoms with Gasteiger partial charge in [-0.25, -0.2) is 0 Å². The van der Waals surface area contributed by atoms with E-state index < -0.39 is 0 Å². The maximum absolute atomic E-state index is 12.9. The number of hydrogen-bond donors (Lipinski definition) is 2. The molecule has 2 atom stereocenters. The number of likely N-dealkylation sites (N-methyl/N-ethyl adjacent to an activating group) is 1. The summed E-state index contributed by atoms with van der Waals surface area (Å²) >= 11 is 0. The molecule has 2 unspecified atom stereocenters. The minimum atomic E-state index is -0.204. The topological polar surface area (TPSA) is 48.1 Å². The van der Waals surface area contributed by atoms with Crippen LogP contribution in [0.15, 0.2) is 37.1 Å². The zero-order chi connectivity index (χ0) is 17.3. The minimum absolute atomic E-state index is 0.130. The van der Waals surface area contributed by atoms with E-state index >= 15 is 0 Å². The number of nitrogens with one attached hydrogen (secondary N) is 2. The molecular formula is C20H27N3O. The van der Waals surface area contributed by atoms with Crippen molar-refractivity contribution in [1.82, 2.24) is 15.2 Å². The van der Waals surface area contributed by atoms with Gasteiger partial charge in [0.25, 0.3) is 0 Å². The first kappa shape index (κ1) is 16.8. The maximum Gasteiger partial charge on any atom is 0.240 e. The molecule has 128 valence electrons. The van der Waals surface area contributed by atoms with Crippen molar-refractivity contribution in [2.45, 2.75) is 38.8 Å². The third-order valence-electron chi connectivity index (χ3n) is 4.81. The summed E-state index contributed by atoms with van der Waals surface area (Å²) in [6.07, 6.45) is 5.55. The first-order chi connectivity index (χ1) is 11.5. The molecule has 0 spiro atoms. The first-order valence-corrected chi connectivity index (χ1v) is 8.72. The Kier molecular flexibility index (Phi) is 4.76. The van der Waals surface area contributed by atoms with Crippen molar-refractivity contribution in [3.05, 3.63) is 48.2 Å². The van der Waals surface area contributed by atoms with Crippen LogP contribution in [0.1, 0.15) is 37.4 Å². The van der Waals surface area contributed by atoms with E-state index in [4.69, 9.17) is 0 Å². The highest BCUT2D eigenvalue weighted by Gasteiger charge is 2.31. The van der Waals surface area contributed by atoms with Gasteiger partial charge in [0.15, 0.2) is 0 Å². The Morgan fingerprint density at radius 1 is 1.46 bits per heavy atom. The van der Waals surface area contributed by atoms with Gasteiger partial charge in [-0.05, 0) is 36.0 Å². The highest BCUT2D eigenvalue weighted by atomic mass is 16.2. The van der Waals surface area contributed by atoms with Crippen molar-refractivity contribution in [2.75, 3.05) is 13.6 Å². The van der Waals surface area contributed by atoms with Crippen molar-refractivity contribution in [3.8, 4) is 0 Å². The molecule has 2 aromatic rings. The predicted molar refractivity (Wildman–Crippen MR) is 99.0 cm³/mol. The fourth-order valence-corrected chi connectivity index (χ4v) is 3.72. The number of hydrogen-bond acceptors (Lipinski definition) is 2. The smallest absolute Gasteiger partial charge is 0.240 e. The van der Waals surface area contributed by atoms with Gasteiger partial charge < -0.3 is 9.88 Å². The second-order valence-electron chi connectivity index (χ2n) is 7.20. The van der Waals surface area contributed by atoms with Gasteiger partial charge in [-0.3, -0.25) is 10.1 Å². The molecule has 1 aliphatic rings. The Morgan fingerprint density at radius 3 is 2.96 bits per heavy atom. The number of amides is 1. The van der Waals surface area contributed by atoms with Crippen molar-refractivity contribution in [1.29, 1.82) is 0 Å². The van der Waals surface area contributed by atoms with E-state index in [1.54, 1.807) is 11.0 Å². The molecule has 4 nitrogen and oxygen atoms in total. The van der Waals surface area contributed by atoms with E-state index in [2.05, 4.69) is 55.1 Å². The summed E-state index contributed by atoms with van der Waals surface area (Å²) in [4.78, 5) is 18.0. The van der Waals surface area contributed by atoms with Gasteiger partial charge in [0, 0.05) is 36.7 Å². The predicted octanol–water partition coefficient (Wildman–Crippen LogP) is 3.41. The molecule has 1 amide bonds. The van der Waals surface area contributed by atoms with Crippen molar-refractivity contribution in [3.63, 3.8) is 0 Å². The van der Waals surface area contributed by atoms with Crippen LogP contribution in [0.4, 0.5) is 0 Å². The van der Waals surface area contributed by atoms with Crippen LogP contribution in [-0.4, -0.2) is 35.4 Å². The molecule has 0 fully saturated rings. The highest BCUT2D eigenvalue weighted by Crippen LogP contribution is 2.34. The Labute approximate surface area is 143 Å². The number of aromatic amines is 1. The van der Waals surface area contributed by atoms with Crippen LogP contribution >= 0.6 is 0 Å². The highest BCUT2D eigenvalue weighted by molar-refractivity contribution is 5.90.